The number of benzene rings is 1. The Bertz CT molecular complexity index is 408. The number of nitrogens with one attached hydrogen (secondary N) is 1. The van der Waals surface area contributed by atoms with Crippen LogP contribution >= 0.6 is 11.6 Å². The Morgan fingerprint density at radius 2 is 1.93 bits per heavy atom. The number of hydrogen-bond acceptors (Lipinski definition) is 1. The van der Waals surface area contributed by atoms with Gasteiger partial charge in [0.05, 0.1) is 6.10 Å². The molecule has 78 valence electrons. The molecular weight excluding hydrogens is 210 g/mol. The number of hydrogen-bond donors (Lipinski definition) is 2. The van der Waals surface area contributed by atoms with Crippen LogP contribution in [-0.4, -0.2) is 10.1 Å². The Labute approximate surface area is 93.5 Å². The van der Waals surface area contributed by atoms with Crippen LogP contribution in [0.15, 0.2) is 42.6 Å². The highest BCUT2D eigenvalue weighted by molar-refractivity contribution is 6.30. The van der Waals surface area contributed by atoms with E-state index < -0.39 is 6.10 Å². The molecule has 2 rings (SSSR count). The average molecular weight is 222 g/mol. The largest absolute Gasteiger partial charge is 0.387 e. The van der Waals surface area contributed by atoms with Crippen LogP contribution in [0.1, 0.15) is 17.4 Å². The van der Waals surface area contributed by atoms with E-state index in [0.29, 0.717) is 11.4 Å². The SMILES string of the molecule is OC(Cc1ccc(Cl)cc1)c1ccc[nH]1. The van der Waals surface area contributed by atoms with Crippen LogP contribution in [-0.2, 0) is 6.42 Å². The van der Waals surface area contributed by atoms with Crippen molar-refractivity contribution in [1.82, 2.24) is 4.98 Å². The molecule has 2 N–H and O–H groups in total. The van der Waals surface area contributed by atoms with Crippen molar-refractivity contribution in [3.05, 3.63) is 58.9 Å². The normalized spacial score (nSPS) is 12.7. The molecule has 2 aromatic rings. The second-order valence-corrected chi connectivity index (χ2v) is 3.91. The lowest BCUT2D eigenvalue weighted by atomic mass is 10.1. The van der Waals surface area contributed by atoms with E-state index in [9.17, 15) is 5.11 Å². The maximum Gasteiger partial charge on any atom is 0.0977 e. The summed E-state index contributed by atoms with van der Waals surface area (Å²) >= 11 is 5.78. The zero-order valence-electron chi connectivity index (χ0n) is 8.15. The van der Waals surface area contributed by atoms with Gasteiger partial charge in [-0.3, -0.25) is 0 Å². The van der Waals surface area contributed by atoms with Gasteiger partial charge >= 0.3 is 0 Å². The number of H-pyrrole nitrogens is 1. The minimum absolute atomic E-state index is 0.485. The zero-order valence-corrected chi connectivity index (χ0v) is 8.91. The van der Waals surface area contributed by atoms with Crippen LogP contribution in [0.25, 0.3) is 0 Å². The molecule has 0 aliphatic rings. The van der Waals surface area contributed by atoms with E-state index in [1.54, 1.807) is 6.20 Å². The number of aliphatic hydroxyl groups is 1. The third-order valence-electron chi connectivity index (χ3n) is 2.32. The van der Waals surface area contributed by atoms with Crippen molar-refractivity contribution < 1.29 is 5.11 Å². The van der Waals surface area contributed by atoms with Gasteiger partial charge in [-0.25, -0.2) is 0 Å². The lowest BCUT2D eigenvalue weighted by molar-refractivity contribution is 0.174. The predicted molar refractivity (Wildman–Crippen MR) is 60.9 cm³/mol. The van der Waals surface area contributed by atoms with Crippen molar-refractivity contribution in [2.24, 2.45) is 0 Å². The van der Waals surface area contributed by atoms with Gasteiger partial charge < -0.3 is 10.1 Å². The van der Waals surface area contributed by atoms with E-state index in [0.717, 1.165) is 11.3 Å². The molecule has 0 radical (unpaired) electrons. The highest BCUT2D eigenvalue weighted by atomic mass is 35.5. The van der Waals surface area contributed by atoms with Crippen LogP contribution in [0.4, 0.5) is 0 Å². The molecule has 0 saturated heterocycles. The van der Waals surface area contributed by atoms with Crippen LogP contribution in [0, 0.1) is 0 Å². The molecule has 1 aromatic carbocycles. The van der Waals surface area contributed by atoms with Crippen molar-refractivity contribution in [1.29, 1.82) is 0 Å². The topological polar surface area (TPSA) is 36.0 Å². The third-order valence-corrected chi connectivity index (χ3v) is 2.58. The van der Waals surface area contributed by atoms with Crippen molar-refractivity contribution >= 4 is 11.6 Å². The van der Waals surface area contributed by atoms with Gasteiger partial charge in [0.25, 0.3) is 0 Å². The molecule has 1 heterocycles. The van der Waals surface area contributed by atoms with Gasteiger partial charge in [0.1, 0.15) is 0 Å². The van der Waals surface area contributed by atoms with Gasteiger partial charge in [0, 0.05) is 23.3 Å². The summed E-state index contributed by atoms with van der Waals surface area (Å²) in [5, 5.41) is 10.6. The average Bonchev–Trinajstić information content (AvgIpc) is 2.74. The highest BCUT2D eigenvalue weighted by Gasteiger charge is 2.08. The minimum Gasteiger partial charge on any atom is -0.387 e. The lowest BCUT2D eigenvalue weighted by Crippen LogP contribution is -2.01. The first kappa shape index (κ1) is 10.3. The molecule has 0 amide bonds. The van der Waals surface area contributed by atoms with E-state index in [-0.39, 0.29) is 0 Å². The first-order valence-corrected chi connectivity index (χ1v) is 5.19. The minimum atomic E-state index is -0.485. The van der Waals surface area contributed by atoms with E-state index in [1.807, 2.05) is 36.4 Å². The Morgan fingerprint density at radius 3 is 2.53 bits per heavy atom. The molecule has 0 saturated carbocycles. The predicted octanol–water partition coefficient (Wildman–Crippen LogP) is 2.94. The molecular formula is C12H12ClNO. The molecule has 0 spiro atoms. The summed E-state index contributed by atoms with van der Waals surface area (Å²) in [6.45, 7) is 0. The molecule has 0 aliphatic carbocycles. The highest BCUT2D eigenvalue weighted by Crippen LogP contribution is 2.18. The van der Waals surface area contributed by atoms with Gasteiger partial charge in [-0.05, 0) is 29.8 Å². The maximum absolute atomic E-state index is 9.87. The number of aliphatic hydroxyl groups excluding tert-OH is 1. The summed E-state index contributed by atoms with van der Waals surface area (Å²) in [4.78, 5) is 2.99. The Hall–Kier alpha value is -1.25. The Morgan fingerprint density at radius 1 is 1.20 bits per heavy atom. The molecule has 2 nitrogen and oxygen atoms in total. The summed E-state index contributed by atoms with van der Waals surface area (Å²) < 4.78 is 0. The van der Waals surface area contributed by atoms with E-state index >= 15 is 0 Å². The molecule has 1 unspecified atom stereocenters. The molecule has 3 heteroatoms. The fourth-order valence-corrected chi connectivity index (χ4v) is 1.63. The summed E-state index contributed by atoms with van der Waals surface area (Å²) in [7, 11) is 0. The van der Waals surface area contributed by atoms with Crippen LogP contribution in [0.2, 0.25) is 5.02 Å². The van der Waals surface area contributed by atoms with E-state index in [4.69, 9.17) is 11.6 Å². The number of aromatic nitrogens is 1. The van der Waals surface area contributed by atoms with Crippen LogP contribution < -0.4 is 0 Å². The number of halogens is 1. The smallest absolute Gasteiger partial charge is 0.0977 e. The van der Waals surface area contributed by atoms with Crippen molar-refractivity contribution in [2.45, 2.75) is 12.5 Å². The quantitative estimate of drug-likeness (QED) is 0.822. The molecule has 0 fully saturated rings. The summed E-state index contributed by atoms with van der Waals surface area (Å²) in [5.74, 6) is 0. The molecule has 1 atom stereocenters. The summed E-state index contributed by atoms with van der Waals surface area (Å²) in [6.07, 6.45) is 1.92. The summed E-state index contributed by atoms with van der Waals surface area (Å²) in [6, 6.07) is 11.3. The Balaban J connectivity index is 2.06. The van der Waals surface area contributed by atoms with Crippen molar-refractivity contribution in [2.75, 3.05) is 0 Å². The van der Waals surface area contributed by atoms with Gasteiger partial charge in [0.2, 0.25) is 0 Å². The van der Waals surface area contributed by atoms with Crippen LogP contribution in [0.3, 0.4) is 0 Å². The third kappa shape index (κ3) is 2.61. The summed E-state index contributed by atoms with van der Waals surface area (Å²) in [5.41, 5.74) is 1.91. The standard InChI is InChI=1S/C12H12ClNO/c13-10-5-3-9(4-6-10)8-12(15)11-2-1-7-14-11/h1-7,12,14-15H,8H2. The zero-order chi connectivity index (χ0) is 10.7. The van der Waals surface area contributed by atoms with Gasteiger partial charge in [0.15, 0.2) is 0 Å². The molecule has 0 aliphatic heterocycles. The Kier molecular flexibility index (Phi) is 3.09. The van der Waals surface area contributed by atoms with Gasteiger partial charge in [-0.2, -0.15) is 0 Å². The van der Waals surface area contributed by atoms with Crippen LogP contribution in [0.5, 0.6) is 0 Å². The molecule has 0 bridgehead atoms. The van der Waals surface area contributed by atoms with Gasteiger partial charge in [-0.15, -0.1) is 0 Å². The first-order chi connectivity index (χ1) is 7.25. The van der Waals surface area contributed by atoms with E-state index in [2.05, 4.69) is 4.98 Å². The monoisotopic (exact) mass is 221 g/mol. The van der Waals surface area contributed by atoms with E-state index in [1.165, 1.54) is 0 Å². The second kappa shape index (κ2) is 4.51. The van der Waals surface area contributed by atoms with Crippen molar-refractivity contribution in [3.63, 3.8) is 0 Å². The second-order valence-electron chi connectivity index (χ2n) is 3.47. The maximum atomic E-state index is 9.87. The fraction of sp³-hybridized carbons (Fsp3) is 0.167. The van der Waals surface area contributed by atoms with Gasteiger partial charge in [-0.1, -0.05) is 23.7 Å². The van der Waals surface area contributed by atoms with Crippen molar-refractivity contribution in [3.8, 4) is 0 Å². The lowest BCUT2D eigenvalue weighted by Gasteiger charge is -2.08. The molecule has 1 aromatic heterocycles. The number of rotatable bonds is 3. The fourth-order valence-electron chi connectivity index (χ4n) is 1.51. The molecule has 15 heavy (non-hydrogen) atoms. The number of aromatic amines is 1. The first-order valence-electron chi connectivity index (χ1n) is 4.81.